The second-order valence-corrected chi connectivity index (χ2v) is 8.25. The fourth-order valence-corrected chi connectivity index (χ4v) is 3.85. The van der Waals surface area contributed by atoms with Crippen LogP contribution in [0.15, 0.2) is 54.6 Å². The molecule has 6 nitrogen and oxygen atoms in total. The lowest BCUT2D eigenvalue weighted by atomic mass is 10.2. The van der Waals surface area contributed by atoms with Crippen molar-refractivity contribution in [1.82, 2.24) is 14.7 Å². The van der Waals surface area contributed by atoms with Crippen LogP contribution < -0.4 is 5.32 Å². The molecule has 2 aromatic carbocycles. The molecular formula is C23H22Cl2N4O2. The Morgan fingerprint density at radius 1 is 1.10 bits per heavy atom. The molecule has 1 aliphatic carbocycles. The van der Waals surface area contributed by atoms with E-state index in [-0.39, 0.29) is 18.4 Å². The number of aromatic nitrogens is 2. The molecular weight excluding hydrogens is 435 g/mol. The average molecular weight is 457 g/mol. The summed E-state index contributed by atoms with van der Waals surface area (Å²) in [6.07, 6.45) is 2.16. The van der Waals surface area contributed by atoms with Crippen molar-refractivity contribution in [3.63, 3.8) is 0 Å². The molecule has 1 saturated carbocycles. The molecule has 1 fully saturated rings. The third kappa shape index (κ3) is 4.75. The van der Waals surface area contributed by atoms with Crippen LogP contribution in [-0.4, -0.2) is 39.6 Å². The molecule has 0 aliphatic heterocycles. The zero-order valence-corrected chi connectivity index (χ0v) is 18.5. The van der Waals surface area contributed by atoms with Crippen LogP contribution >= 0.6 is 23.2 Å². The summed E-state index contributed by atoms with van der Waals surface area (Å²) in [6.45, 7) is 2.07. The topological polar surface area (TPSA) is 67.2 Å². The molecule has 31 heavy (non-hydrogen) atoms. The van der Waals surface area contributed by atoms with Gasteiger partial charge in [-0.1, -0.05) is 47.5 Å². The fourth-order valence-electron chi connectivity index (χ4n) is 3.36. The molecule has 0 radical (unpaired) electrons. The van der Waals surface area contributed by atoms with E-state index in [0.29, 0.717) is 33.9 Å². The summed E-state index contributed by atoms with van der Waals surface area (Å²) in [6, 6.07) is 16.4. The quantitative estimate of drug-likeness (QED) is 0.533. The molecule has 160 valence electrons. The Balaban J connectivity index is 1.57. The van der Waals surface area contributed by atoms with E-state index in [2.05, 4.69) is 10.4 Å². The normalized spacial score (nSPS) is 13.1. The van der Waals surface area contributed by atoms with Crippen molar-refractivity contribution in [1.29, 1.82) is 0 Å². The van der Waals surface area contributed by atoms with Gasteiger partial charge in [-0.15, -0.1) is 0 Å². The molecule has 0 spiro atoms. The molecule has 1 aromatic heterocycles. The van der Waals surface area contributed by atoms with Gasteiger partial charge in [-0.25, -0.2) is 4.68 Å². The van der Waals surface area contributed by atoms with E-state index in [9.17, 15) is 9.59 Å². The van der Waals surface area contributed by atoms with Crippen LogP contribution in [0.2, 0.25) is 10.0 Å². The molecule has 1 aliphatic rings. The van der Waals surface area contributed by atoms with E-state index in [1.54, 1.807) is 22.9 Å². The number of likely N-dealkylation sites (N-methyl/N-ethyl adjacent to an activating group) is 1. The first kappa shape index (κ1) is 21.4. The van der Waals surface area contributed by atoms with Crippen molar-refractivity contribution in [3.8, 4) is 5.69 Å². The Hall–Kier alpha value is -2.83. The number of para-hydroxylation sites is 2. The third-order valence-corrected chi connectivity index (χ3v) is 5.80. The van der Waals surface area contributed by atoms with Crippen molar-refractivity contribution < 1.29 is 9.59 Å². The minimum Gasteiger partial charge on any atom is -0.328 e. The number of hydrogen-bond donors (Lipinski definition) is 1. The Morgan fingerprint density at radius 2 is 1.77 bits per heavy atom. The van der Waals surface area contributed by atoms with Crippen LogP contribution in [0.1, 0.15) is 41.9 Å². The van der Waals surface area contributed by atoms with E-state index >= 15 is 0 Å². The second kappa shape index (κ2) is 9.12. The average Bonchev–Trinajstić information content (AvgIpc) is 3.53. The van der Waals surface area contributed by atoms with Gasteiger partial charge in [0.1, 0.15) is 12.2 Å². The first-order valence-corrected chi connectivity index (χ1v) is 10.9. The second-order valence-electron chi connectivity index (χ2n) is 7.44. The van der Waals surface area contributed by atoms with E-state index in [4.69, 9.17) is 23.2 Å². The number of benzene rings is 2. The van der Waals surface area contributed by atoms with Crippen molar-refractivity contribution >= 4 is 40.7 Å². The summed E-state index contributed by atoms with van der Waals surface area (Å²) < 4.78 is 1.67. The van der Waals surface area contributed by atoms with Gasteiger partial charge >= 0.3 is 0 Å². The Bertz CT molecular complexity index is 1090. The maximum Gasteiger partial charge on any atom is 0.273 e. The van der Waals surface area contributed by atoms with Crippen molar-refractivity contribution in [2.75, 3.05) is 18.4 Å². The Kier molecular flexibility index (Phi) is 6.30. The molecule has 0 saturated heterocycles. The molecule has 3 aromatic rings. The van der Waals surface area contributed by atoms with Gasteiger partial charge in [0, 0.05) is 12.5 Å². The van der Waals surface area contributed by atoms with Gasteiger partial charge in [0.05, 0.1) is 27.1 Å². The van der Waals surface area contributed by atoms with Crippen LogP contribution in [-0.2, 0) is 4.79 Å². The van der Waals surface area contributed by atoms with Crippen molar-refractivity contribution in [2.24, 2.45) is 0 Å². The van der Waals surface area contributed by atoms with E-state index in [1.807, 2.05) is 43.3 Å². The molecule has 1 N–H and O–H groups in total. The zero-order valence-electron chi connectivity index (χ0n) is 17.0. The molecule has 8 heteroatoms. The van der Waals surface area contributed by atoms with Gasteiger partial charge in [-0.3, -0.25) is 9.59 Å². The Labute approximate surface area is 190 Å². The predicted molar refractivity (Wildman–Crippen MR) is 122 cm³/mol. The van der Waals surface area contributed by atoms with Gasteiger partial charge in [-0.05, 0) is 50.1 Å². The van der Waals surface area contributed by atoms with Gasteiger partial charge in [0.25, 0.3) is 5.91 Å². The highest BCUT2D eigenvalue weighted by Gasteiger charge is 2.30. The standard InChI is InChI=1S/C23H22Cl2N4O2/c1-2-28(14-21(30)26-22-17(24)9-6-10-18(22)25)23(31)20-13-19(15-11-12-15)27-29(20)16-7-4-3-5-8-16/h3-10,13,15H,2,11-12,14H2,1H3,(H,26,30). The highest BCUT2D eigenvalue weighted by molar-refractivity contribution is 6.39. The largest absolute Gasteiger partial charge is 0.328 e. The highest BCUT2D eigenvalue weighted by atomic mass is 35.5. The molecule has 1 heterocycles. The third-order valence-electron chi connectivity index (χ3n) is 5.17. The first-order valence-electron chi connectivity index (χ1n) is 10.2. The van der Waals surface area contributed by atoms with Crippen LogP contribution in [0.3, 0.4) is 0 Å². The van der Waals surface area contributed by atoms with E-state index in [1.165, 1.54) is 4.90 Å². The number of amides is 2. The molecule has 0 bridgehead atoms. The maximum absolute atomic E-state index is 13.4. The lowest BCUT2D eigenvalue weighted by Crippen LogP contribution is -2.38. The summed E-state index contributed by atoms with van der Waals surface area (Å²) in [4.78, 5) is 27.5. The number of nitrogens with one attached hydrogen (secondary N) is 1. The molecule has 0 unspecified atom stereocenters. The lowest BCUT2D eigenvalue weighted by Gasteiger charge is -2.21. The number of hydrogen-bond acceptors (Lipinski definition) is 3. The number of halogens is 2. The van der Waals surface area contributed by atoms with Gasteiger partial charge < -0.3 is 10.2 Å². The molecule has 4 rings (SSSR count). The van der Waals surface area contributed by atoms with Gasteiger partial charge in [0.2, 0.25) is 5.91 Å². The van der Waals surface area contributed by atoms with Crippen molar-refractivity contribution in [3.05, 3.63) is 76.0 Å². The maximum atomic E-state index is 13.4. The zero-order chi connectivity index (χ0) is 22.0. The minimum atomic E-state index is -0.376. The summed E-state index contributed by atoms with van der Waals surface area (Å²) in [5.74, 6) is -0.234. The number of carbonyl (C=O) groups is 2. The van der Waals surface area contributed by atoms with Crippen LogP contribution in [0.4, 0.5) is 5.69 Å². The monoisotopic (exact) mass is 456 g/mol. The van der Waals surface area contributed by atoms with E-state index in [0.717, 1.165) is 24.2 Å². The smallest absolute Gasteiger partial charge is 0.273 e. The number of rotatable bonds is 7. The highest BCUT2D eigenvalue weighted by Crippen LogP contribution is 2.40. The number of anilines is 1. The van der Waals surface area contributed by atoms with Crippen LogP contribution in [0.25, 0.3) is 5.69 Å². The number of carbonyl (C=O) groups excluding carboxylic acids is 2. The summed E-state index contributed by atoms with van der Waals surface area (Å²) in [5.41, 5.74) is 2.50. The minimum absolute atomic E-state index is 0.129. The van der Waals surface area contributed by atoms with E-state index < -0.39 is 0 Å². The van der Waals surface area contributed by atoms with Gasteiger partial charge in [-0.2, -0.15) is 5.10 Å². The molecule has 2 amide bonds. The summed E-state index contributed by atoms with van der Waals surface area (Å²) >= 11 is 12.3. The SMILES string of the molecule is CCN(CC(=O)Nc1c(Cl)cccc1Cl)C(=O)c1cc(C2CC2)nn1-c1ccccc1. The molecule has 0 atom stereocenters. The summed E-state index contributed by atoms with van der Waals surface area (Å²) in [5, 5.41) is 8.07. The predicted octanol–water partition coefficient (Wildman–Crippen LogP) is 5.16. The Morgan fingerprint density at radius 3 is 2.39 bits per heavy atom. The number of nitrogens with zero attached hydrogens (tertiary/aromatic N) is 3. The van der Waals surface area contributed by atoms with Crippen LogP contribution in [0, 0.1) is 0 Å². The van der Waals surface area contributed by atoms with Gasteiger partial charge in [0.15, 0.2) is 0 Å². The van der Waals surface area contributed by atoms with Crippen molar-refractivity contribution in [2.45, 2.75) is 25.7 Å². The first-order chi connectivity index (χ1) is 15.0. The summed E-state index contributed by atoms with van der Waals surface area (Å²) in [7, 11) is 0. The van der Waals surface area contributed by atoms with Crippen LogP contribution in [0.5, 0.6) is 0 Å². The lowest BCUT2D eigenvalue weighted by molar-refractivity contribution is -0.116. The fraction of sp³-hybridized carbons (Fsp3) is 0.261.